The summed E-state index contributed by atoms with van der Waals surface area (Å²) in [4.78, 5) is 16.0. The second-order valence-corrected chi connectivity index (χ2v) is 5.01. The van der Waals surface area contributed by atoms with Gasteiger partial charge in [-0.1, -0.05) is 30.3 Å². The Hall–Kier alpha value is -2.16. The van der Waals surface area contributed by atoms with Gasteiger partial charge in [0.05, 0.1) is 6.04 Å². The Labute approximate surface area is 120 Å². The first-order chi connectivity index (χ1) is 9.66. The fourth-order valence-corrected chi connectivity index (χ4v) is 2.27. The van der Waals surface area contributed by atoms with Crippen molar-refractivity contribution in [1.82, 2.24) is 10.3 Å². The van der Waals surface area contributed by atoms with E-state index >= 15 is 0 Å². The van der Waals surface area contributed by atoms with Crippen molar-refractivity contribution in [1.29, 1.82) is 0 Å². The van der Waals surface area contributed by atoms with Crippen molar-refractivity contribution in [3.05, 3.63) is 65.5 Å². The van der Waals surface area contributed by atoms with Gasteiger partial charge in [-0.2, -0.15) is 0 Å². The molecule has 0 bridgehead atoms. The van der Waals surface area contributed by atoms with Crippen LogP contribution in [0.15, 0.2) is 48.8 Å². The molecule has 0 fully saturated rings. The normalized spacial score (nSPS) is 11.9. The van der Waals surface area contributed by atoms with Gasteiger partial charge in [-0.3, -0.25) is 9.78 Å². The maximum atomic E-state index is 12.0. The van der Waals surface area contributed by atoms with Crippen molar-refractivity contribution in [2.24, 2.45) is 0 Å². The highest BCUT2D eigenvalue weighted by Gasteiger charge is 2.11. The topological polar surface area (TPSA) is 42.0 Å². The molecule has 1 unspecified atom stereocenters. The number of nitrogens with one attached hydrogen (secondary N) is 1. The molecule has 1 aromatic heterocycles. The monoisotopic (exact) mass is 268 g/mol. The number of benzene rings is 1. The van der Waals surface area contributed by atoms with Gasteiger partial charge in [-0.25, -0.2) is 0 Å². The Balaban J connectivity index is 1.87. The van der Waals surface area contributed by atoms with Gasteiger partial charge in [0.2, 0.25) is 5.91 Å². The lowest BCUT2D eigenvalue weighted by Gasteiger charge is -2.16. The van der Waals surface area contributed by atoms with Gasteiger partial charge >= 0.3 is 0 Å². The molecule has 0 aliphatic heterocycles. The van der Waals surface area contributed by atoms with Gasteiger partial charge in [-0.15, -0.1) is 0 Å². The van der Waals surface area contributed by atoms with Crippen LogP contribution in [0.25, 0.3) is 0 Å². The van der Waals surface area contributed by atoms with Crippen LogP contribution in [-0.4, -0.2) is 10.9 Å². The molecule has 0 radical (unpaired) electrons. The Bertz CT molecular complexity index is 566. The van der Waals surface area contributed by atoms with Crippen LogP contribution in [0.5, 0.6) is 0 Å². The Morgan fingerprint density at radius 3 is 2.75 bits per heavy atom. The van der Waals surface area contributed by atoms with Gasteiger partial charge in [0, 0.05) is 18.8 Å². The molecule has 0 saturated carbocycles. The predicted molar refractivity (Wildman–Crippen MR) is 80.3 cm³/mol. The molecule has 2 rings (SSSR count). The molecule has 0 spiro atoms. The Morgan fingerprint density at radius 2 is 2.05 bits per heavy atom. The lowest BCUT2D eigenvalue weighted by atomic mass is 10.0. The molecule has 1 atom stereocenters. The summed E-state index contributed by atoms with van der Waals surface area (Å²) < 4.78 is 0. The van der Waals surface area contributed by atoms with Crippen LogP contribution < -0.4 is 5.32 Å². The number of nitrogens with zero attached hydrogens (tertiary/aromatic N) is 1. The zero-order chi connectivity index (χ0) is 14.4. The SMILES string of the molecule is Cc1ccccc1C(C)NC(=O)CCc1cccnc1. The first-order valence-electron chi connectivity index (χ1n) is 6.90. The third-order valence-corrected chi connectivity index (χ3v) is 3.40. The fraction of sp³-hybridized carbons (Fsp3) is 0.294. The molecule has 0 saturated heterocycles. The predicted octanol–water partition coefficient (Wildman–Crippen LogP) is 3.20. The number of hydrogen-bond acceptors (Lipinski definition) is 2. The van der Waals surface area contributed by atoms with E-state index in [2.05, 4.69) is 29.4 Å². The molecule has 2 aromatic rings. The third-order valence-electron chi connectivity index (χ3n) is 3.40. The minimum absolute atomic E-state index is 0.0394. The molecular weight excluding hydrogens is 248 g/mol. The molecule has 3 heteroatoms. The van der Waals surface area contributed by atoms with Crippen LogP contribution in [0.4, 0.5) is 0 Å². The molecule has 20 heavy (non-hydrogen) atoms. The second kappa shape index (κ2) is 6.85. The average molecular weight is 268 g/mol. The number of amides is 1. The summed E-state index contributed by atoms with van der Waals surface area (Å²) >= 11 is 0. The number of carbonyl (C=O) groups is 1. The smallest absolute Gasteiger partial charge is 0.220 e. The Morgan fingerprint density at radius 1 is 1.25 bits per heavy atom. The number of carbonyl (C=O) groups excluding carboxylic acids is 1. The molecule has 0 aliphatic rings. The molecule has 1 heterocycles. The quantitative estimate of drug-likeness (QED) is 0.904. The van der Waals surface area contributed by atoms with Crippen LogP contribution in [0.2, 0.25) is 0 Å². The van der Waals surface area contributed by atoms with Crippen molar-refractivity contribution in [3.8, 4) is 0 Å². The lowest BCUT2D eigenvalue weighted by Crippen LogP contribution is -2.27. The number of aryl methyl sites for hydroxylation is 2. The highest BCUT2D eigenvalue weighted by atomic mass is 16.1. The van der Waals surface area contributed by atoms with Crippen molar-refractivity contribution < 1.29 is 4.79 Å². The summed E-state index contributed by atoms with van der Waals surface area (Å²) in [6.45, 7) is 4.08. The minimum Gasteiger partial charge on any atom is -0.350 e. The van der Waals surface area contributed by atoms with Gasteiger partial charge in [0.25, 0.3) is 0 Å². The molecular formula is C17H20N2O. The maximum Gasteiger partial charge on any atom is 0.220 e. The van der Waals surface area contributed by atoms with E-state index in [-0.39, 0.29) is 11.9 Å². The molecule has 1 amide bonds. The minimum atomic E-state index is 0.0394. The summed E-state index contributed by atoms with van der Waals surface area (Å²) in [5.74, 6) is 0.0737. The summed E-state index contributed by atoms with van der Waals surface area (Å²) in [6, 6.07) is 12.1. The largest absolute Gasteiger partial charge is 0.350 e. The van der Waals surface area contributed by atoms with Crippen LogP contribution in [-0.2, 0) is 11.2 Å². The summed E-state index contributed by atoms with van der Waals surface area (Å²) in [5.41, 5.74) is 3.46. The molecule has 104 valence electrons. The van der Waals surface area contributed by atoms with Crippen molar-refractivity contribution in [2.45, 2.75) is 32.7 Å². The highest BCUT2D eigenvalue weighted by Crippen LogP contribution is 2.16. The van der Waals surface area contributed by atoms with Gasteiger partial charge in [0.1, 0.15) is 0 Å². The first kappa shape index (κ1) is 14.3. The average Bonchev–Trinajstić information content (AvgIpc) is 2.46. The number of aromatic nitrogens is 1. The van der Waals surface area contributed by atoms with Crippen LogP contribution >= 0.6 is 0 Å². The molecule has 0 aliphatic carbocycles. The summed E-state index contributed by atoms with van der Waals surface area (Å²) in [7, 11) is 0. The lowest BCUT2D eigenvalue weighted by molar-refractivity contribution is -0.121. The van der Waals surface area contributed by atoms with E-state index in [9.17, 15) is 4.79 Å². The van der Waals surface area contributed by atoms with Gasteiger partial charge < -0.3 is 5.32 Å². The van der Waals surface area contributed by atoms with E-state index in [0.717, 1.165) is 12.0 Å². The van der Waals surface area contributed by atoms with Crippen molar-refractivity contribution in [2.75, 3.05) is 0 Å². The molecule has 1 N–H and O–H groups in total. The van der Waals surface area contributed by atoms with E-state index < -0.39 is 0 Å². The van der Waals surface area contributed by atoms with Crippen molar-refractivity contribution in [3.63, 3.8) is 0 Å². The van der Waals surface area contributed by atoms with E-state index in [1.165, 1.54) is 11.1 Å². The number of pyridine rings is 1. The molecule has 3 nitrogen and oxygen atoms in total. The van der Waals surface area contributed by atoms with Crippen LogP contribution in [0, 0.1) is 6.92 Å². The standard InChI is InChI=1S/C17H20N2O/c1-13-6-3-4-8-16(13)14(2)19-17(20)10-9-15-7-5-11-18-12-15/h3-8,11-12,14H,9-10H2,1-2H3,(H,19,20). The van der Waals surface area contributed by atoms with Crippen molar-refractivity contribution >= 4 is 5.91 Å². The molecule has 1 aromatic carbocycles. The summed E-state index contributed by atoms with van der Waals surface area (Å²) in [6.07, 6.45) is 4.75. The Kier molecular flexibility index (Phi) is 4.88. The van der Waals surface area contributed by atoms with Crippen LogP contribution in [0.3, 0.4) is 0 Å². The fourth-order valence-electron chi connectivity index (χ4n) is 2.27. The number of rotatable bonds is 5. The zero-order valence-corrected chi connectivity index (χ0v) is 12.0. The van der Waals surface area contributed by atoms with Gasteiger partial charge in [0.15, 0.2) is 0 Å². The first-order valence-corrected chi connectivity index (χ1v) is 6.90. The van der Waals surface area contributed by atoms with Gasteiger partial charge in [-0.05, 0) is 43.0 Å². The van der Waals surface area contributed by atoms with E-state index in [1.54, 1.807) is 12.4 Å². The van der Waals surface area contributed by atoms with E-state index in [1.807, 2.05) is 31.2 Å². The third kappa shape index (κ3) is 3.92. The second-order valence-electron chi connectivity index (χ2n) is 5.01. The number of hydrogen-bond donors (Lipinski definition) is 1. The zero-order valence-electron chi connectivity index (χ0n) is 12.0. The highest BCUT2D eigenvalue weighted by molar-refractivity contribution is 5.76. The van der Waals surface area contributed by atoms with Crippen LogP contribution in [0.1, 0.15) is 36.1 Å². The van der Waals surface area contributed by atoms with E-state index in [4.69, 9.17) is 0 Å². The maximum absolute atomic E-state index is 12.0. The van der Waals surface area contributed by atoms with E-state index in [0.29, 0.717) is 6.42 Å². The summed E-state index contributed by atoms with van der Waals surface area (Å²) in [5, 5.41) is 3.05.